The van der Waals surface area contributed by atoms with Crippen molar-refractivity contribution >= 4 is 10.9 Å². The van der Waals surface area contributed by atoms with Gasteiger partial charge < -0.3 is 20.2 Å². The minimum absolute atomic E-state index is 0.218. The molecule has 0 aliphatic rings. The Morgan fingerprint density at radius 1 is 1.05 bits per heavy atom. The lowest BCUT2D eigenvalue weighted by Gasteiger charge is -2.15. The zero-order valence-electron chi connectivity index (χ0n) is 12.9. The third-order valence-electron chi connectivity index (χ3n) is 4.10. The first-order valence-corrected chi connectivity index (χ1v) is 7.35. The van der Waals surface area contributed by atoms with Crippen molar-refractivity contribution in [1.29, 1.82) is 0 Å². The molecular weight excluding hydrogens is 276 g/mol. The Morgan fingerprint density at radius 3 is 2.55 bits per heavy atom. The monoisotopic (exact) mass is 297 g/mol. The molecule has 0 fully saturated rings. The van der Waals surface area contributed by atoms with Crippen molar-refractivity contribution in [2.75, 3.05) is 20.8 Å². The van der Waals surface area contributed by atoms with E-state index in [4.69, 9.17) is 9.47 Å². The quantitative estimate of drug-likeness (QED) is 0.760. The Morgan fingerprint density at radius 2 is 1.82 bits per heavy atom. The summed E-state index contributed by atoms with van der Waals surface area (Å²) in [6.07, 6.45) is 2.08. The van der Waals surface area contributed by atoms with Crippen LogP contribution < -0.4 is 15.2 Å². The number of hydrogen-bond acceptors (Lipinski definition) is 2. The van der Waals surface area contributed by atoms with Gasteiger partial charge in [0.15, 0.2) is 11.5 Å². The number of aromatic nitrogens is 1. The first kappa shape index (κ1) is 14.5. The SMILES string of the molecule is COc1ccc([C@@H](C[NH3+])c2c[nH]c3ccccc23)cc1OC. The van der Waals surface area contributed by atoms with Crippen LogP contribution in [0.15, 0.2) is 48.7 Å². The van der Waals surface area contributed by atoms with Crippen LogP contribution in [0.3, 0.4) is 0 Å². The van der Waals surface area contributed by atoms with Crippen LogP contribution in [-0.2, 0) is 0 Å². The van der Waals surface area contributed by atoms with Crippen LogP contribution in [0.2, 0.25) is 0 Å². The number of ether oxygens (including phenoxy) is 2. The lowest BCUT2D eigenvalue weighted by molar-refractivity contribution is -0.370. The summed E-state index contributed by atoms with van der Waals surface area (Å²) in [7, 11) is 3.31. The first-order valence-electron chi connectivity index (χ1n) is 7.35. The van der Waals surface area contributed by atoms with Gasteiger partial charge in [0.25, 0.3) is 0 Å². The maximum Gasteiger partial charge on any atom is 0.161 e. The second kappa shape index (κ2) is 6.12. The van der Waals surface area contributed by atoms with Gasteiger partial charge in [0.1, 0.15) is 0 Å². The average Bonchev–Trinajstić information content (AvgIpc) is 2.99. The van der Waals surface area contributed by atoms with Crippen LogP contribution in [0, 0.1) is 0 Å². The van der Waals surface area contributed by atoms with Crippen LogP contribution in [0.25, 0.3) is 10.9 Å². The van der Waals surface area contributed by atoms with Crippen LogP contribution in [0.1, 0.15) is 17.0 Å². The molecule has 0 saturated heterocycles. The molecule has 2 aromatic carbocycles. The number of nitrogens with one attached hydrogen (secondary N) is 1. The third-order valence-corrected chi connectivity index (χ3v) is 4.10. The molecule has 0 amide bonds. The van der Waals surface area contributed by atoms with Gasteiger partial charge in [-0.1, -0.05) is 24.3 Å². The fourth-order valence-electron chi connectivity index (χ4n) is 2.95. The van der Waals surface area contributed by atoms with Gasteiger partial charge in [-0.25, -0.2) is 0 Å². The second-order valence-electron chi connectivity index (χ2n) is 5.25. The summed E-state index contributed by atoms with van der Waals surface area (Å²) in [6.45, 7) is 0.775. The molecule has 3 aromatic rings. The minimum Gasteiger partial charge on any atom is -0.493 e. The standard InChI is InChI=1S/C18H20N2O2/c1-21-17-8-7-12(9-18(17)22-2)14(10-19)15-11-20-16-6-4-3-5-13(15)16/h3-9,11,14,20H,10,19H2,1-2H3/p+1/t14-/m1/s1. The molecule has 0 aliphatic heterocycles. The number of para-hydroxylation sites is 1. The number of benzene rings is 2. The van der Waals surface area contributed by atoms with Gasteiger partial charge in [-0.05, 0) is 29.3 Å². The van der Waals surface area contributed by atoms with Crippen LogP contribution in [0.4, 0.5) is 0 Å². The number of hydrogen-bond donors (Lipinski definition) is 2. The van der Waals surface area contributed by atoms with Crippen LogP contribution in [0.5, 0.6) is 11.5 Å². The molecule has 114 valence electrons. The third kappa shape index (κ3) is 2.42. The van der Waals surface area contributed by atoms with Crippen molar-refractivity contribution in [3.8, 4) is 11.5 Å². The molecule has 3 rings (SSSR count). The summed E-state index contributed by atoms with van der Waals surface area (Å²) < 4.78 is 10.7. The Kier molecular flexibility index (Phi) is 4.02. The van der Waals surface area contributed by atoms with Gasteiger partial charge in [-0.15, -0.1) is 0 Å². The van der Waals surface area contributed by atoms with Gasteiger partial charge in [-0.2, -0.15) is 0 Å². The number of rotatable bonds is 5. The van der Waals surface area contributed by atoms with Crippen molar-refractivity contribution in [3.63, 3.8) is 0 Å². The van der Waals surface area contributed by atoms with Crippen molar-refractivity contribution in [1.82, 2.24) is 4.98 Å². The summed E-state index contributed by atoms with van der Waals surface area (Å²) in [4.78, 5) is 3.34. The second-order valence-corrected chi connectivity index (χ2v) is 5.25. The Balaban J connectivity index is 2.08. The molecule has 0 bridgehead atoms. The molecule has 0 radical (unpaired) electrons. The van der Waals surface area contributed by atoms with Crippen LogP contribution in [-0.4, -0.2) is 25.7 Å². The molecule has 4 N–H and O–H groups in total. The van der Waals surface area contributed by atoms with Gasteiger partial charge >= 0.3 is 0 Å². The first-order chi connectivity index (χ1) is 10.8. The molecular formula is C18H21N2O2+. The summed E-state index contributed by atoms with van der Waals surface area (Å²) in [5, 5.41) is 1.24. The predicted octanol–water partition coefficient (Wildman–Crippen LogP) is 2.56. The highest BCUT2D eigenvalue weighted by Gasteiger charge is 2.20. The molecule has 0 aliphatic carbocycles. The maximum atomic E-state index is 5.42. The van der Waals surface area contributed by atoms with Crippen molar-refractivity contribution in [2.24, 2.45) is 0 Å². The highest BCUT2D eigenvalue weighted by atomic mass is 16.5. The van der Waals surface area contributed by atoms with Crippen LogP contribution >= 0.6 is 0 Å². The minimum atomic E-state index is 0.218. The highest BCUT2D eigenvalue weighted by Crippen LogP contribution is 2.35. The maximum absolute atomic E-state index is 5.42. The molecule has 1 heterocycles. The Hall–Kier alpha value is -2.46. The number of quaternary nitrogens is 1. The predicted molar refractivity (Wildman–Crippen MR) is 87.4 cm³/mol. The molecule has 22 heavy (non-hydrogen) atoms. The summed E-state index contributed by atoms with van der Waals surface area (Å²) in [5.41, 5.74) is 7.73. The topological polar surface area (TPSA) is 61.9 Å². The van der Waals surface area contributed by atoms with E-state index in [1.165, 1.54) is 16.5 Å². The van der Waals surface area contributed by atoms with E-state index >= 15 is 0 Å². The highest BCUT2D eigenvalue weighted by molar-refractivity contribution is 5.84. The largest absolute Gasteiger partial charge is 0.493 e. The summed E-state index contributed by atoms with van der Waals surface area (Å²) in [5.74, 6) is 1.71. The molecule has 0 unspecified atom stereocenters. The van der Waals surface area contributed by atoms with E-state index in [0.717, 1.165) is 23.6 Å². The Bertz CT molecular complexity index is 780. The fourth-order valence-corrected chi connectivity index (χ4v) is 2.95. The van der Waals surface area contributed by atoms with E-state index in [1.54, 1.807) is 14.2 Å². The van der Waals surface area contributed by atoms with E-state index in [-0.39, 0.29) is 5.92 Å². The molecule has 1 atom stereocenters. The fraction of sp³-hybridized carbons (Fsp3) is 0.222. The Labute approximate surface area is 129 Å². The number of fused-ring (bicyclic) bond motifs is 1. The molecule has 1 aromatic heterocycles. The zero-order chi connectivity index (χ0) is 15.5. The lowest BCUT2D eigenvalue weighted by atomic mass is 9.91. The van der Waals surface area contributed by atoms with E-state index < -0.39 is 0 Å². The van der Waals surface area contributed by atoms with Gasteiger partial charge in [0.05, 0.1) is 26.7 Å². The van der Waals surface area contributed by atoms with Crippen molar-refractivity contribution in [3.05, 3.63) is 59.8 Å². The van der Waals surface area contributed by atoms with E-state index in [9.17, 15) is 0 Å². The smallest absolute Gasteiger partial charge is 0.161 e. The number of aromatic amines is 1. The molecule has 0 saturated carbocycles. The average molecular weight is 297 g/mol. The van der Waals surface area contributed by atoms with Gasteiger partial charge in [-0.3, -0.25) is 0 Å². The van der Waals surface area contributed by atoms with Crippen molar-refractivity contribution in [2.45, 2.75) is 5.92 Å². The van der Waals surface area contributed by atoms with E-state index in [0.29, 0.717) is 0 Å². The molecule has 0 spiro atoms. The summed E-state index contributed by atoms with van der Waals surface area (Å²) in [6, 6.07) is 14.4. The van der Waals surface area contributed by atoms with Crippen molar-refractivity contribution < 1.29 is 15.2 Å². The number of methoxy groups -OCH3 is 2. The zero-order valence-corrected chi connectivity index (χ0v) is 12.9. The summed E-state index contributed by atoms with van der Waals surface area (Å²) >= 11 is 0. The van der Waals surface area contributed by atoms with Gasteiger partial charge in [0, 0.05) is 17.1 Å². The van der Waals surface area contributed by atoms with E-state index in [2.05, 4.69) is 41.2 Å². The number of H-pyrrole nitrogens is 1. The van der Waals surface area contributed by atoms with Gasteiger partial charge in [0.2, 0.25) is 0 Å². The van der Waals surface area contributed by atoms with E-state index in [1.807, 2.05) is 18.2 Å². The lowest BCUT2D eigenvalue weighted by Crippen LogP contribution is -2.53. The molecule has 4 heteroatoms. The molecule has 4 nitrogen and oxygen atoms in total. The normalized spacial score (nSPS) is 12.3.